The van der Waals surface area contributed by atoms with Crippen LogP contribution < -0.4 is 5.32 Å². The average molecular weight is 285 g/mol. The second-order valence-corrected chi connectivity index (χ2v) is 4.54. The average Bonchev–Trinajstić information content (AvgIpc) is 2.82. The molecule has 0 unspecified atom stereocenters. The number of hydrogen-bond donors (Lipinski definition) is 2. The minimum Gasteiger partial charge on any atom is -0.481 e. The number of aryl methyl sites for hydroxylation is 1. The highest BCUT2D eigenvalue weighted by molar-refractivity contribution is 6.01. The van der Waals surface area contributed by atoms with Crippen molar-refractivity contribution in [2.24, 2.45) is 0 Å². The zero-order chi connectivity index (χ0) is 15.2. The van der Waals surface area contributed by atoms with E-state index in [1.807, 2.05) is 13.0 Å². The third-order valence-electron chi connectivity index (χ3n) is 2.71. The quantitative estimate of drug-likeness (QED) is 0.828. The lowest BCUT2D eigenvalue weighted by Crippen LogP contribution is -2.08. The Hall–Kier alpha value is -2.82. The van der Waals surface area contributed by atoms with Crippen molar-refractivity contribution in [1.29, 1.82) is 0 Å². The molecule has 0 saturated heterocycles. The summed E-state index contributed by atoms with van der Waals surface area (Å²) in [5, 5.41) is 11.4. The Morgan fingerprint density at radius 3 is 2.76 bits per heavy atom. The Bertz CT molecular complexity index is 685. The van der Waals surface area contributed by atoms with Gasteiger partial charge in [0.05, 0.1) is 6.42 Å². The Balaban J connectivity index is 1.99. The van der Waals surface area contributed by atoms with Gasteiger partial charge in [0.1, 0.15) is 11.5 Å². The van der Waals surface area contributed by atoms with E-state index in [0.29, 0.717) is 17.0 Å². The second kappa shape index (κ2) is 6.56. The number of anilines is 1. The fourth-order valence-corrected chi connectivity index (χ4v) is 1.82. The molecule has 108 valence electrons. The molecule has 2 N–H and O–H groups in total. The van der Waals surface area contributed by atoms with Gasteiger partial charge in [0.25, 0.3) is 0 Å². The van der Waals surface area contributed by atoms with Crippen LogP contribution in [-0.2, 0) is 16.0 Å². The molecule has 0 aliphatic carbocycles. The molecular formula is C16H15NO4. The van der Waals surface area contributed by atoms with E-state index in [1.54, 1.807) is 36.4 Å². The molecule has 2 rings (SSSR count). The number of hydrogen-bond acceptors (Lipinski definition) is 3. The molecule has 1 heterocycles. The van der Waals surface area contributed by atoms with Gasteiger partial charge in [0.15, 0.2) is 0 Å². The Kier molecular flexibility index (Phi) is 4.56. The van der Waals surface area contributed by atoms with Gasteiger partial charge < -0.3 is 14.8 Å². The van der Waals surface area contributed by atoms with Crippen LogP contribution in [0.1, 0.15) is 17.1 Å². The summed E-state index contributed by atoms with van der Waals surface area (Å²) < 4.78 is 5.31. The number of rotatable bonds is 5. The Labute approximate surface area is 121 Å². The standard InChI is InChI=1S/C16H15NO4/c1-11-5-6-14(21-11)7-8-15(18)17-13-4-2-3-12(9-13)10-16(19)20/h2-9H,10H2,1H3,(H,17,18)(H,19,20). The molecule has 1 amide bonds. The highest BCUT2D eigenvalue weighted by atomic mass is 16.4. The first kappa shape index (κ1) is 14.6. The third-order valence-corrected chi connectivity index (χ3v) is 2.71. The summed E-state index contributed by atoms with van der Waals surface area (Å²) >= 11 is 0. The van der Waals surface area contributed by atoms with Crippen LogP contribution in [0.5, 0.6) is 0 Å². The highest BCUT2D eigenvalue weighted by Gasteiger charge is 2.03. The van der Waals surface area contributed by atoms with Gasteiger partial charge in [-0.25, -0.2) is 0 Å². The van der Waals surface area contributed by atoms with Crippen molar-refractivity contribution in [2.75, 3.05) is 5.32 Å². The molecular weight excluding hydrogens is 270 g/mol. The fourth-order valence-electron chi connectivity index (χ4n) is 1.82. The number of carboxylic acids is 1. The van der Waals surface area contributed by atoms with Crippen molar-refractivity contribution in [2.45, 2.75) is 13.3 Å². The van der Waals surface area contributed by atoms with Crippen molar-refractivity contribution in [3.8, 4) is 0 Å². The number of aliphatic carboxylic acids is 1. The van der Waals surface area contributed by atoms with E-state index < -0.39 is 5.97 Å². The van der Waals surface area contributed by atoms with Gasteiger partial charge in [-0.05, 0) is 42.8 Å². The summed E-state index contributed by atoms with van der Waals surface area (Å²) in [5.74, 6) is 0.154. The van der Waals surface area contributed by atoms with Crippen molar-refractivity contribution < 1.29 is 19.1 Å². The van der Waals surface area contributed by atoms with Crippen LogP contribution >= 0.6 is 0 Å². The molecule has 1 aromatic carbocycles. The topological polar surface area (TPSA) is 79.5 Å². The number of carbonyl (C=O) groups excluding carboxylic acids is 1. The van der Waals surface area contributed by atoms with E-state index in [4.69, 9.17) is 9.52 Å². The minimum atomic E-state index is -0.911. The molecule has 1 aromatic heterocycles. The minimum absolute atomic E-state index is 0.0782. The number of carboxylic acid groups (broad SMARTS) is 1. The van der Waals surface area contributed by atoms with Gasteiger partial charge in [-0.3, -0.25) is 9.59 Å². The third kappa shape index (κ3) is 4.65. The molecule has 0 saturated carbocycles. The maximum atomic E-state index is 11.8. The lowest BCUT2D eigenvalue weighted by Gasteiger charge is -2.04. The van der Waals surface area contributed by atoms with Crippen LogP contribution in [-0.4, -0.2) is 17.0 Å². The van der Waals surface area contributed by atoms with Gasteiger partial charge in [-0.2, -0.15) is 0 Å². The van der Waals surface area contributed by atoms with Crippen LogP contribution in [0.2, 0.25) is 0 Å². The molecule has 5 nitrogen and oxygen atoms in total. The number of nitrogens with one attached hydrogen (secondary N) is 1. The normalized spacial score (nSPS) is 10.7. The first-order chi connectivity index (χ1) is 10.0. The number of benzene rings is 1. The van der Waals surface area contributed by atoms with Gasteiger partial charge in [0, 0.05) is 11.8 Å². The van der Waals surface area contributed by atoms with Crippen molar-refractivity contribution in [3.63, 3.8) is 0 Å². The van der Waals surface area contributed by atoms with Crippen LogP contribution in [0.15, 0.2) is 46.9 Å². The monoisotopic (exact) mass is 285 g/mol. The lowest BCUT2D eigenvalue weighted by atomic mass is 10.1. The molecule has 0 fully saturated rings. The molecule has 0 aliphatic rings. The summed E-state index contributed by atoms with van der Waals surface area (Å²) in [7, 11) is 0. The zero-order valence-electron chi connectivity index (χ0n) is 11.5. The summed E-state index contributed by atoms with van der Waals surface area (Å²) in [4.78, 5) is 22.4. The molecule has 21 heavy (non-hydrogen) atoms. The molecule has 0 atom stereocenters. The van der Waals surface area contributed by atoms with Gasteiger partial charge in [-0.1, -0.05) is 12.1 Å². The predicted octanol–water partition coefficient (Wildman–Crippen LogP) is 2.87. The van der Waals surface area contributed by atoms with E-state index in [0.717, 1.165) is 5.76 Å². The largest absolute Gasteiger partial charge is 0.481 e. The zero-order valence-corrected chi connectivity index (χ0v) is 11.5. The smallest absolute Gasteiger partial charge is 0.307 e. The number of furan rings is 1. The van der Waals surface area contributed by atoms with Gasteiger partial charge in [-0.15, -0.1) is 0 Å². The van der Waals surface area contributed by atoms with Crippen molar-refractivity contribution >= 4 is 23.6 Å². The Morgan fingerprint density at radius 1 is 1.29 bits per heavy atom. The van der Waals surface area contributed by atoms with Gasteiger partial charge >= 0.3 is 5.97 Å². The van der Waals surface area contributed by atoms with Gasteiger partial charge in [0.2, 0.25) is 5.91 Å². The molecule has 0 bridgehead atoms. The van der Waals surface area contributed by atoms with E-state index >= 15 is 0 Å². The van der Waals surface area contributed by atoms with E-state index in [2.05, 4.69) is 5.32 Å². The van der Waals surface area contributed by atoms with E-state index in [9.17, 15) is 9.59 Å². The van der Waals surface area contributed by atoms with Crippen molar-refractivity contribution in [1.82, 2.24) is 0 Å². The summed E-state index contributed by atoms with van der Waals surface area (Å²) in [6.07, 6.45) is 2.86. The fraction of sp³-hybridized carbons (Fsp3) is 0.125. The Morgan fingerprint density at radius 2 is 2.10 bits per heavy atom. The highest BCUT2D eigenvalue weighted by Crippen LogP contribution is 2.12. The van der Waals surface area contributed by atoms with Crippen LogP contribution in [0, 0.1) is 6.92 Å². The summed E-state index contributed by atoms with van der Waals surface area (Å²) in [6.45, 7) is 1.82. The maximum Gasteiger partial charge on any atom is 0.307 e. The first-order valence-electron chi connectivity index (χ1n) is 6.39. The molecule has 5 heteroatoms. The number of carbonyl (C=O) groups is 2. The van der Waals surface area contributed by atoms with Crippen LogP contribution in [0.4, 0.5) is 5.69 Å². The van der Waals surface area contributed by atoms with E-state index in [-0.39, 0.29) is 12.3 Å². The molecule has 0 radical (unpaired) electrons. The molecule has 2 aromatic rings. The van der Waals surface area contributed by atoms with Crippen LogP contribution in [0.25, 0.3) is 6.08 Å². The molecule has 0 aliphatic heterocycles. The van der Waals surface area contributed by atoms with Crippen LogP contribution in [0.3, 0.4) is 0 Å². The molecule has 0 spiro atoms. The lowest BCUT2D eigenvalue weighted by molar-refractivity contribution is -0.136. The summed E-state index contributed by atoms with van der Waals surface area (Å²) in [5.41, 5.74) is 1.19. The maximum absolute atomic E-state index is 11.8. The second-order valence-electron chi connectivity index (χ2n) is 4.54. The number of amides is 1. The van der Waals surface area contributed by atoms with Crippen molar-refractivity contribution in [3.05, 3.63) is 59.6 Å². The van der Waals surface area contributed by atoms with E-state index in [1.165, 1.54) is 6.08 Å². The summed E-state index contributed by atoms with van der Waals surface area (Å²) in [6, 6.07) is 10.3. The predicted molar refractivity (Wildman–Crippen MR) is 78.9 cm³/mol. The SMILES string of the molecule is Cc1ccc(C=CC(=O)Nc2cccc(CC(=O)O)c2)o1. The first-order valence-corrected chi connectivity index (χ1v) is 6.39.